The van der Waals surface area contributed by atoms with Crippen molar-refractivity contribution >= 4 is 16.7 Å². The molecule has 1 atom stereocenters. The summed E-state index contributed by atoms with van der Waals surface area (Å²) in [4.78, 5) is 11.8. The van der Waals surface area contributed by atoms with Gasteiger partial charge in [0.25, 0.3) is 0 Å². The van der Waals surface area contributed by atoms with E-state index in [9.17, 15) is 13.4 Å². The summed E-state index contributed by atoms with van der Waals surface area (Å²) in [7, 11) is 0.0987. The fourth-order valence-electron chi connectivity index (χ4n) is 2.57. The van der Waals surface area contributed by atoms with Crippen LogP contribution in [0.1, 0.15) is 31.2 Å². The van der Waals surface area contributed by atoms with E-state index in [4.69, 9.17) is 4.74 Å². The van der Waals surface area contributed by atoms with Gasteiger partial charge in [0.2, 0.25) is 5.91 Å². The van der Waals surface area contributed by atoms with Gasteiger partial charge in [-0.05, 0) is 31.0 Å². The molecule has 0 spiro atoms. The van der Waals surface area contributed by atoms with Gasteiger partial charge in [-0.3, -0.25) is 9.00 Å². The van der Waals surface area contributed by atoms with Crippen molar-refractivity contribution in [3.8, 4) is 5.75 Å². The summed E-state index contributed by atoms with van der Waals surface area (Å²) in [5, 5.41) is 2.90. The zero-order valence-corrected chi connectivity index (χ0v) is 12.9. The van der Waals surface area contributed by atoms with Gasteiger partial charge in [-0.15, -0.1) is 0 Å². The van der Waals surface area contributed by atoms with Crippen molar-refractivity contribution in [2.45, 2.75) is 37.5 Å². The van der Waals surface area contributed by atoms with Crippen LogP contribution in [0, 0.1) is 5.82 Å². The Bertz CT molecular complexity index is 530. The smallest absolute Gasteiger partial charge is 0.232 e. The number of amides is 1. The fraction of sp³-hybridized carbons (Fsp3) is 0.533. The van der Waals surface area contributed by atoms with Gasteiger partial charge in [-0.2, -0.15) is 0 Å². The molecule has 1 aliphatic rings. The Kier molecular flexibility index (Phi) is 5.73. The molecule has 1 saturated carbocycles. The minimum atomic E-state index is -1.38. The van der Waals surface area contributed by atoms with Crippen LogP contribution in [0.25, 0.3) is 0 Å². The van der Waals surface area contributed by atoms with E-state index in [-0.39, 0.29) is 23.5 Å². The van der Waals surface area contributed by atoms with Crippen molar-refractivity contribution in [3.63, 3.8) is 0 Å². The summed E-state index contributed by atoms with van der Waals surface area (Å²) >= 11 is 0. The number of benzene rings is 1. The van der Waals surface area contributed by atoms with Crippen LogP contribution in [0.4, 0.5) is 4.39 Å². The van der Waals surface area contributed by atoms with E-state index < -0.39 is 16.6 Å². The van der Waals surface area contributed by atoms with E-state index in [1.807, 2.05) is 0 Å². The Labute approximate surface area is 126 Å². The molecule has 1 aromatic rings. The molecule has 6 heteroatoms. The average molecular weight is 313 g/mol. The van der Waals surface area contributed by atoms with Gasteiger partial charge in [0.15, 0.2) is 0 Å². The third-order valence-electron chi connectivity index (χ3n) is 3.57. The van der Waals surface area contributed by atoms with Crippen molar-refractivity contribution < 1.29 is 18.1 Å². The molecule has 0 heterocycles. The van der Waals surface area contributed by atoms with Gasteiger partial charge < -0.3 is 10.1 Å². The molecule has 1 N–H and O–H groups in total. The lowest BCUT2D eigenvalue weighted by molar-refractivity contribution is -0.119. The van der Waals surface area contributed by atoms with Crippen LogP contribution in [0.5, 0.6) is 5.75 Å². The summed E-state index contributed by atoms with van der Waals surface area (Å²) < 4.78 is 30.4. The van der Waals surface area contributed by atoms with Gasteiger partial charge in [0, 0.05) is 22.4 Å². The second-order valence-electron chi connectivity index (χ2n) is 5.23. The van der Waals surface area contributed by atoms with Crippen LogP contribution in [-0.2, 0) is 21.3 Å². The van der Waals surface area contributed by atoms with Crippen molar-refractivity contribution in [2.24, 2.45) is 0 Å². The Hall–Kier alpha value is -1.43. The molecule has 21 heavy (non-hydrogen) atoms. The molecule has 116 valence electrons. The summed E-state index contributed by atoms with van der Waals surface area (Å²) in [6, 6.07) is 4.31. The van der Waals surface area contributed by atoms with Gasteiger partial charge in [-0.1, -0.05) is 12.8 Å². The maximum absolute atomic E-state index is 13.2. The maximum Gasteiger partial charge on any atom is 0.232 e. The Morgan fingerprint density at radius 1 is 1.43 bits per heavy atom. The predicted molar refractivity (Wildman–Crippen MR) is 80.1 cm³/mol. The van der Waals surface area contributed by atoms with Crippen LogP contribution in [0.15, 0.2) is 18.2 Å². The first-order valence-electron chi connectivity index (χ1n) is 7.05. The molecule has 1 amide bonds. The van der Waals surface area contributed by atoms with Gasteiger partial charge in [0.05, 0.1) is 12.9 Å². The zero-order chi connectivity index (χ0) is 15.2. The molecule has 0 bridgehead atoms. The molecule has 2 rings (SSSR count). The minimum Gasteiger partial charge on any atom is -0.496 e. The summed E-state index contributed by atoms with van der Waals surface area (Å²) in [5.41, 5.74) is 0.518. The first-order valence-corrected chi connectivity index (χ1v) is 8.54. The highest BCUT2D eigenvalue weighted by Gasteiger charge is 2.19. The van der Waals surface area contributed by atoms with E-state index in [0.717, 1.165) is 25.7 Å². The Morgan fingerprint density at radius 3 is 2.81 bits per heavy atom. The molecule has 1 aromatic carbocycles. The molecule has 1 aliphatic carbocycles. The van der Waals surface area contributed by atoms with Gasteiger partial charge >= 0.3 is 0 Å². The molecule has 0 radical (unpaired) electrons. The van der Waals surface area contributed by atoms with E-state index in [1.54, 1.807) is 0 Å². The largest absolute Gasteiger partial charge is 0.496 e. The maximum atomic E-state index is 13.2. The highest BCUT2D eigenvalue weighted by molar-refractivity contribution is 7.84. The normalized spacial score (nSPS) is 16.7. The molecule has 1 fully saturated rings. The fourth-order valence-corrected chi connectivity index (χ4v) is 3.62. The monoisotopic (exact) mass is 313 g/mol. The molecule has 0 aliphatic heterocycles. The summed E-state index contributed by atoms with van der Waals surface area (Å²) in [6.45, 7) is 0. The predicted octanol–water partition coefficient (Wildman–Crippen LogP) is 2.14. The lowest BCUT2D eigenvalue weighted by Crippen LogP contribution is -2.35. The van der Waals surface area contributed by atoms with Gasteiger partial charge in [0.1, 0.15) is 17.3 Å². The van der Waals surface area contributed by atoms with Crippen molar-refractivity contribution in [2.75, 3.05) is 12.9 Å². The van der Waals surface area contributed by atoms with Crippen LogP contribution in [-0.4, -0.2) is 29.0 Å². The Morgan fingerprint density at radius 2 is 2.14 bits per heavy atom. The van der Waals surface area contributed by atoms with Gasteiger partial charge in [-0.25, -0.2) is 4.39 Å². The molecule has 0 aromatic heterocycles. The van der Waals surface area contributed by atoms with Crippen molar-refractivity contribution in [1.29, 1.82) is 0 Å². The first-order chi connectivity index (χ1) is 10.1. The van der Waals surface area contributed by atoms with E-state index in [1.165, 1.54) is 25.3 Å². The summed E-state index contributed by atoms with van der Waals surface area (Å²) in [5.74, 6) is -0.0652. The molecular weight excluding hydrogens is 293 g/mol. The third kappa shape index (κ3) is 4.81. The first kappa shape index (κ1) is 15.9. The highest BCUT2D eigenvalue weighted by Crippen LogP contribution is 2.21. The van der Waals surface area contributed by atoms with Crippen LogP contribution in [0.2, 0.25) is 0 Å². The lowest BCUT2D eigenvalue weighted by Gasteiger charge is -2.12. The minimum absolute atomic E-state index is 0.0594. The van der Waals surface area contributed by atoms with Crippen LogP contribution < -0.4 is 10.1 Å². The number of carbonyl (C=O) groups is 1. The second-order valence-corrected chi connectivity index (χ2v) is 6.69. The highest BCUT2D eigenvalue weighted by atomic mass is 32.2. The van der Waals surface area contributed by atoms with Crippen LogP contribution in [0.3, 0.4) is 0 Å². The third-order valence-corrected chi connectivity index (χ3v) is 4.79. The number of halogens is 1. The number of nitrogens with one attached hydrogen (secondary N) is 1. The number of hydrogen-bond acceptors (Lipinski definition) is 3. The zero-order valence-electron chi connectivity index (χ0n) is 12.1. The van der Waals surface area contributed by atoms with Crippen molar-refractivity contribution in [3.05, 3.63) is 29.6 Å². The average Bonchev–Trinajstić information content (AvgIpc) is 2.91. The van der Waals surface area contributed by atoms with Crippen molar-refractivity contribution in [1.82, 2.24) is 5.32 Å². The summed E-state index contributed by atoms with van der Waals surface area (Å²) in [6.07, 6.45) is 4.26. The molecule has 0 saturated heterocycles. The van der Waals surface area contributed by atoms with E-state index >= 15 is 0 Å². The Balaban J connectivity index is 1.89. The number of hydrogen-bond donors (Lipinski definition) is 1. The van der Waals surface area contributed by atoms with E-state index in [2.05, 4.69) is 5.32 Å². The lowest BCUT2D eigenvalue weighted by atomic mass is 10.2. The number of rotatable bonds is 6. The molecular formula is C15H20FNO3S. The van der Waals surface area contributed by atoms with E-state index in [0.29, 0.717) is 11.3 Å². The topological polar surface area (TPSA) is 55.4 Å². The second kappa shape index (κ2) is 7.54. The molecule has 0 unspecified atom stereocenters. The quantitative estimate of drug-likeness (QED) is 0.875. The standard InChI is InChI=1S/C15H20FNO3S/c1-20-14-7-6-12(16)8-11(14)9-21(19)10-15(18)17-13-4-2-3-5-13/h6-8,13H,2-5,9-10H2,1H3,(H,17,18)/t21-/m0/s1. The number of carbonyl (C=O) groups excluding carboxylic acids is 1. The molecule has 4 nitrogen and oxygen atoms in total. The number of methoxy groups -OCH3 is 1. The number of ether oxygens (including phenoxy) is 1. The SMILES string of the molecule is COc1ccc(F)cc1C[S@](=O)CC(=O)NC1CCCC1. The van der Waals surface area contributed by atoms with Crippen LogP contribution >= 0.6 is 0 Å².